The molecule has 0 spiro atoms. The van der Waals surface area contributed by atoms with E-state index in [2.05, 4.69) is 38.1 Å². The van der Waals surface area contributed by atoms with Crippen LogP contribution in [0.15, 0.2) is 65.8 Å². The maximum absolute atomic E-state index is 13.1. The highest BCUT2D eigenvalue weighted by Crippen LogP contribution is 2.21. The highest BCUT2D eigenvalue weighted by Gasteiger charge is 2.25. The fourth-order valence-electron chi connectivity index (χ4n) is 3.31. The summed E-state index contributed by atoms with van der Waals surface area (Å²) < 4.78 is 11.5. The molecule has 35 heavy (non-hydrogen) atoms. The summed E-state index contributed by atoms with van der Waals surface area (Å²) in [5.74, 6) is 0.389. The lowest BCUT2D eigenvalue weighted by atomic mass is 10.2. The molecule has 2 aromatic carbocycles. The van der Waals surface area contributed by atoms with Gasteiger partial charge in [0.05, 0.1) is 24.5 Å². The lowest BCUT2D eigenvalue weighted by molar-refractivity contribution is 0.0936. The Labute approximate surface area is 201 Å². The summed E-state index contributed by atoms with van der Waals surface area (Å²) in [6, 6.07) is 17.0. The summed E-state index contributed by atoms with van der Waals surface area (Å²) in [4.78, 5) is 15.0. The van der Waals surface area contributed by atoms with Gasteiger partial charge in [0.2, 0.25) is 11.6 Å². The second-order valence-electron chi connectivity index (χ2n) is 7.48. The molecule has 0 saturated carbocycles. The van der Waals surface area contributed by atoms with Gasteiger partial charge in [-0.3, -0.25) is 15.6 Å². The molecule has 12 nitrogen and oxygen atoms in total. The lowest BCUT2D eigenvalue weighted by Gasteiger charge is -2.20. The Morgan fingerprint density at radius 1 is 1.14 bits per heavy atom. The van der Waals surface area contributed by atoms with Gasteiger partial charge >= 0.3 is 0 Å². The van der Waals surface area contributed by atoms with E-state index >= 15 is 0 Å². The first kappa shape index (κ1) is 23.3. The normalized spacial score (nSPS) is 10.6. The van der Waals surface area contributed by atoms with Gasteiger partial charge < -0.3 is 15.4 Å². The molecule has 180 valence electrons. The number of ether oxygens (including phenoxy) is 1. The number of aromatic nitrogens is 5. The number of benzene rings is 2. The van der Waals surface area contributed by atoms with E-state index in [1.54, 1.807) is 0 Å². The third kappa shape index (κ3) is 5.21. The van der Waals surface area contributed by atoms with Crippen molar-refractivity contribution in [2.75, 3.05) is 24.3 Å². The zero-order valence-corrected chi connectivity index (χ0v) is 19.3. The molecule has 4 aromatic rings. The van der Waals surface area contributed by atoms with Crippen LogP contribution < -0.4 is 26.2 Å². The first-order chi connectivity index (χ1) is 17.0. The average Bonchev–Trinajstić information content (AvgIpc) is 3.49. The standard InChI is InChI=1S/C23H25N9O3/c1-4-34-18-12-10-16(11-13-18)15(2)25-27-23(33)20-19(14-31(3)17-8-6-5-7-9-17)32(30-26-20)22-21(24)28-35-29-22/h5-13,25H,2,4,14H2,1,3H3,(H2,24,28)(H,27,33). The third-order valence-corrected chi connectivity index (χ3v) is 5.10. The second-order valence-corrected chi connectivity index (χ2v) is 7.48. The number of anilines is 2. The minimum absolute atomic E-state index is 0.0208. The number of hydrogen-bond donors (Lipinski definition) is 3. The van der Waals surface area contributed by atoms with Crippen LogP contribution in [0, 0.1) is 0 Å². The number of hydrazine groups is 1. The number of nitrogens with two attached hydrogens (primary N) is 1. The van der Waals surface area contributed by atoms with Gasteiger partial charge in [-0.25, -0.2) is 4.63 Å². The Kier molecular flexibility index (Phi) is 6.91. The van der Waals surface area contributed by atoms with Crippen LogP contribution in [0.3, 0.4) is 0 Å². The molecule has 0 saturated heterocycles. The van der Waals surface area contributed by atoms with Crippen molar-refractivity contribution in [3.63, 3.8) is 0 Å². The predicted octanol–water partition coefficient (Wildman–Crippen LogP) is 2.17. The Hall–Kier alpha value is -4.87. The minimum Gasteiger partial charge on any atom is -0.494 e. The van der Waals surface area contributed by atoms with E-state index in [9.17, 15) is 4.79 Å². The molecule has 2 heterocycles. The zero-order chi connectivity index (χ0) is 24.8. The SMILES string of the molecule is C=C(NNC(=O)c1nnn(-c2nonc2N)c1CN(C)c1ccccc1)c1ccc(OCC)cc1. The summed E-state index contributed by atoms with van der Waals surface area (Å²) in [5, 5.41) is 15.5. The molecule has 0 aliphatic rings. The van der Waals surface area contributed by atoms with Crippen LogP contribution in [-0.4, -0.2) is 44.9 Å². The monoisotopic (exact) mass is 475 g/mol. The van der Waals surface area contributed by atoms with Crippen molar-refractivity contribution in [2.24, 2.45) is 0 Å². The zero-order valence-electron chi connectivity index (χ0n) is 19.3. The molecule has 12 heteroatoms. The molecule has 4 N–H and O–H groups in total. The van der Waals surface area contributed by atoms with Crippen LogP contribution in [0.25, 0.3) is 11.5 Å². The smallest absolute Gasteiger partial charge is 0.292 e. The lowest BCUT2D eigenvalue weighted by Crippen LogP contribution is -2.37. The molecule has 0 bridgehead atoms. The van der Waals surface area contributed by atoms with E-state index < -0.39 is 5.91 Å². The van der Waals surface area contributed by atoms with Crippen LogP contribution in [0.2, 0.25) is 0 Å². The van der Waals surface area contributed by atoms with Crippen molar-refractivity contribution in [2.45, 2.75) is 13.5 Å². The molecule has 0 fully saturated rings. The number of amides is 1. The number of carbonyl (C=O) groups excluding carboxylic acids is 1. The molecular weight excluding hydrogens is 450 g/mol. The van der Waals surface area contributed by atoms with Gasteiger partial charge in [-0.2, -0.15) is 4.68 Å². The first-order valence-corrected chi connectivity index (χ1v) is 10.8. The number of nitrogen functional groups attached to an aromatic ring is 1. The molecule has 4 rings (SSSR count). The Balaban J connectivity index is 1.54. The fraction of sp³-hybridized carbons (Fsp3) is 0.174. The summed E-state index contributed by atoms with van der Waals surface area (Å²) >= 11 is 0. The Morgan fingerprint density at radius 3 is 2.54 bits per heavy atom. The number of hydrogen-bond acceptors (Lipinski definition) is 10. The van der Waals surface area contributed by atoms with Crippen molar-refractivity contribution in [3.05, 3.63) is 78.1 Å². The van der Waals surface area contributed by atoms with Gasteiger partial charge in [0.15, 0.2) is 5.69 Å². The van der Waals surface area contributed by atoms with Gasteiger partial charge in [-0.1, -0.05) is 30.0 Å². The molecule has 1 amide bonds. The summed E-state index contributed by atoms with van der Waals surface area (Å²) in [7, 11) is 1.88. The van der Waals surface area contributed by atoms with Crippen LogP contribution in [0.1, 0.15) is 28.7 Å². The minimum atomic E-state index is -0.519. The van der Waals surface area contributed by atoms with E-state index in [1.807, 2.05) is 73.5 Å². The predicted molar refractivity (Wildman–Crippen MR) is 129 cm³/mol. The number of nitrogens with zero attached hydrogens (tertiary/aromatic N) is 6. The van der Waals surface area contributed by atoms with Gasteiger partial charge in [0.1, 0.15) is 5.75 Å². The van der Waals surface area contributed by atoms with E-state index in [0.717, 1.165) is 17.0 Å². The first-order valence-electron chi connectivity index (χ1n) is 10.8. The summed E-state index contributed by atoms with van der Waals surface area (Å²) in [6.45, 7) is 6.73. The Bertz CT molecular complexity index is 1300. The van der Waals surface area contributed by atoms with Gasteiger partial charge in [-0.15, -0.1) is 5.10 Å². The van der Waals surface area contributed by atoms with E-state index in [0.29, 0.717) is 18.0 Å². The van der Waals surface area contributed by atoms with Crippen molar-refractivity contribution in [1.29, 1.82) is 0 Å². The van der Waals surface area contributed by atoms with Crippen LogP contribution in [-0.2, 0) is 6.54 Å². The fourth-order valence-corrected chi connectivity index (χ4v) is 3.31. The summed E-state index contributed by atoms with van der Waals surface area (Å²) in [6.07, 6.45) is 0. The highest BCUT2D eigenvalue weighted by atomic mass is 16.6. The molecule has 0 aliphatic heterocycles. The average molecular weight is 476 g/mol. The second kappa shape index (κ2) is 10.4. The van der Waals surface area contributed by atoms with Gasteiger partial charge in [0, 0.05) is 12.7 Å². The molecule has 0 radical (unpaired) electrons. The Morgan fingerprint density at radius 2 is 1.89 bits per heavy atom. The maximum Gasteiger partial charge on any atom is 0.292 e. The van der Waals surface area contributed by atoms with E-state index in [-0.39, 0.29) is 23.9 Å². The molecular formula is C23H25N9O3. The third-order valence-electron chi connectivity index (χ3n) is 5.10. The van der Waals surface area contributed by atoms with Crippen LogP contribution >= 0.6 is 0 Å². The maximum atomic E-state index is 13.1. The van der Waals surface area contributed by atoms with Crippen molar-refractivity contribution < 1.29 is 14.2 Å². The van der Waals surface area contributed by atoms with Crippen molar-refractivity contribution in [1.82, 2.24) is 36.2 Å². The van der Waals surface area contributed by atoms with Gasteiger partial charge in [0.25, 0.3) is 5.91 Å². The largest absolute Gasteiger partial charge is 0.494 e. The van der Waals surface area contributed by atoms with Crippen molar-refractivity contribution in [3.8, 4) is 11.6 Å². The topological polar surface area (TPSA) is 149 Å². The molecule has 2 aromatic heterocycles. The number of rotatable bonds is 10. The molecule has 0 aliphatic carbocycles. The van der Waals surface area contributed by atoms with Crippen molar-refractivity contribution >= 4 is 23.1 Å². The summed E-state index contributed by atoms with van der Waals surface area (Å²) in [5.41, 5.74) is 14.0. The number of nitrogens with one attached hydrogen (secondary N) is 2. The van der Waals surface area contributed by atoms with Crippen LogP contribution in [0.4, 0.5) is 11.5 Å². The molecule has 0 atom stereocenters. The highest BCUT2D eigenvalue weighted by molar-refractivity contribution is 5.93. The van der Waals surface area contributed by atoms with E-state index in [4.69, 9.17) is 15.1 Å². The van der Waals surface area contributed by atoms with E-state index in [1.165, 1.54) is 4.68 Å². The van der Waals surface area contributed by atoms with Gasteiger partial charge in [-0.05, 0) is 59.2 Å². The number of carbonyl (C=O) groups is 1. The van der Waals surface area contributed by atoms with Crippen LogP contribution in [0.5, 0.6) is 5.75 Å². The number of para-hydroxylation sites is 1. The quantitative estimate of drug-likeness (QED) is 0.291. The molecule has 0 unspecified atom stereocenters.